The standard InChI is InChI=1S/C19H18ClF3N6S/c1-28-8-12-6-11(7-13(15(12)26-28)16(20)19(21,22)23)17-27-29-9-14(25-18(29)30-17)10-2-4-24-5-3-10/h6-10,16,24H,2-5H2,1H3. The molecule has 1 N–H and O–H groups in total. The van der Waals surface area contributed by atoms with E-state index in [-0.39, 0.29) is 11.1 Å². The van der Waals surface area contributed by atoms with Gasteiger partial charge in [0, 0.05) is 35.7 Å². The maximum Gasteiger partial charge on any atom is 0.409 e. The van der Waals surface area contributed by atoms with Crippen molar-refractivity contribution in [3.63, 3.8) is 0 Å². The topological polar surface area (TPSA) is 60.0 Å². The van der Waals surface area contributed by atoms with Crippen LogP contribution in [0.25, 0.3) is 26.4 Å². The zero-order valence-electron chi connectivity index (χ0n) is 15.9. The number of aromatic nitrogens is 5. The lowest BCUT2D eigenvalue weighted by Crippen LogP contribution is -2.26. The number of hydrogen-bond acceptors (Lipinski definition) is 5. The Morgan fingerprint density at radius 3 is 2.67 bits per heavy atom. The van der Waals surface area contributed by atoms with Crippen molar-refractivity contribution in [3.8, 4) is 10.6 Å². The molecule has 0 aliphatic carbocycles. The van der Waals surface area contributed by atoms with Crippen LogP contribution >= 0.6 is 22.9 Å². The number of rotatable bonds is 3. The van der Waals surface area contributed by atoms with Crippen molar-refractivity contribution >= 4 is 38.8 Å². The molecule has 30 heavy (non-hydrogen) atoms. The summed E-state index contributed by atoms with van der Waals surface area (Å²) < 4.78 is 43.2. The number of nitrogens with one attached hydrogen (secondary N) is 1. The van der Waals surface area contributed by atoms with Crippen molar-refractivity contribution in [2.75, 3.05) is 13.1 Å². The Kier molecular flexibility index (Phi) is 4.75. The molecule has 6 nitrogen and oxygen atoms in total. The molecule has 1 aliphatic rings. The molecule has 1 fully saturated rings. The van der Waals surface area contributed by atoms with E-state index in [4.69, 9.17) is 16.6 Å². The Balaban J connectivity index is 1.57. The van der Waals surface area contributed by atoms with Gasteiger partial charge in [0.05, 0.1) is 17.4 Å². The van der Waals surface area contributed by atoms with E-state index >= 15 is 0 Å². The minimum Gasteiger partial charge on any atom is -0.317 e. The summed E-state index contributed by atoms with van der Waals surface area (Å²) in [6.07, 6.45) is 1.09. The first kappa shape index (κ1) is 19.8. The number of aryl methyl sites for hydroxylation is 1. The molecule has 0 saturated carbocycles. The smallest absolute Gasteiger partial charge is 0.317 e. The number of imidazole rings is 1. The average molecular weight is 455 g/mol. The average Bonchev–Trinajstić information content (AvgIpc) is 3.38. The molecule has 1 aliphatic heterocycles. The van der Waals surface area contributed by atoms with Crippen molar-refractivity contribution in [1.29, 1.82) is 0 Å². The monoisotopic (exact) mass is 454 g/mol. The molecule has 1 unspecified atom stereocenters. The molecule has 1 aromatic carbocycles. The summed E-state index contributed by atoms with van der Waals surface area (Å²) in [5.74, 6) is 0.408. The highest BCUT2D eigenvalue weighted by molar-refractivity contribution is 7.19. The largest absolute Gasteiger partial charge is 0.409 e. The highest BCUT2D eigenvalue weighted by atomic mass is 35.5. The Morgan fingerprint density at radius 2 is 1.97 bits per heavy atom. The van der Waals surface area contributed by atoms with Crippen LogP contribution in [0.3, 0.4) is 0 Å². The van der Waals surface area contributed by atoms with Gasteiger partial charge in [-0.3, -0.25) is 4.68 Å². The Bertz CT molecular complexity index is 1190. The van der Waals surface area contributed by atoms with Crippen molar-refractivity contribution in [2.24, 2.45) is 7.05 Å². The molecule has 1 saturated heterocycles. The molecule has 4 heterocycles. The number of fused-ring (bicyclic) bond motifs is 2. The highest BCUT2D eigenvalue weighted by Crippen LogP contribution is 2.42. The van der Waals surface area contributed by atoms with Crippen LogP contribution < -0.4 is 5.32 Å². The molecule has 1 atom stereocenters. The van der Waals surface area contributed by atoms with E-state index < -0.39 is 11.6 Å². The molecule has 0 radical (unpaired) electrons. The maximum absolute atomic E-state index is 13.3. The van der Waals surface area contributed by atoms with Gasteiger partial charge in [-0.2, -0.15) is 23.4 Å². The van der Waals surface area contributed by atoms with Gasteiger partial charge in [0.1, 0.15) is 5.01 Å². The van der Waals surface area contributed by atoms with Gasteiger partial charge in [0.25, 0.3) is 0 Å². The molecule has 0 spiro atoms. The highest BCUT2D eigenvalue weighted by Gasteiger charge is 2.41. The molecular formula is C19H18ClF3N6S. The molecule has 0 bridgehead atoms. The van der Waals surface area contributed by atoms with E-state index in [1.807, 2.05) is 6.20 Å². The molecule has 3 aromatic heterocycles. The van der Waals surface area contributed by atoms with Crippen LogP contribution in [0.5, 0.6) is 0 Å². The van der Waals surface area contributed by atoms with Crippen molar-refractivity contribution in [1.82, 2.24) is 29.7 Å². The third-order valence-corrected chi connectivity index (χ3v) is 6.83. The van der Waals surface area contributed by atoms with Gasteiger partial charge in [-0.1, -0.05) is 11.3 Å². The summed E-state index contributed by atoms with van der Waals surface area (Å²) in [6, 6.07) is 3.23. The Morgan fingerprint density at radius 1 is 1.20 bits per heavy atom. The van der Waals surface area contributed by atoms with Gasteiger partial charge >= 0.3 is 6.18 Å². The molecule has 5 rings (SSSR count). The van der Waals surface area contributed by atoms with E-state index in [1.165, 1.54) is 22.1 Å². The van der Waals surface area contributed by atoms with E-state index in [9.17, 15) is 13.2 Å². The van der Waals surface area contributed by atoms with Gasteiger partial charge in [-0.25, -0.2) is 9.50 Å². The van der Waals surface area contributed by atoms with Gasteiger partial charge in [-0.15, -0.1) is 11.6 Å². The van der Waals surface area contributed by atoms with Crippen LogP contribution in [0, 0.1) is 0 Å². The second kappa shape index (κ2) is 7.21. The summed E-state index contributed by atoms with van der Waals surface area (Å²) in [5.41, 5.74) is 1.76. The lowest BCUT2D eigenvalue weighted by atomic mass is 9.95. The first-order valence-electron chi connectivity index (χ1n) is 9.55. The minimum absolute atomic E-state index is 0.0690. The second-order valence-electron chi connectivity index (χ2n) is 7.53. The fraction of sp³-hybridized carbons (Fsp3) is 0.421. The van der Waals surface area contributed by atoms with E-state index in [0.717, 1.165) is 36.6 Å². The number of benzene rings is 1. The summed E-state index contributed by atoms with van der Waals surface area (Å²) in [6.45, 7) is 1.95. The third kappa shape index (κ3) is 3.46. The van der Waals surface area contributed by atoms with Crippen molar-refractivity contribution in [3.05, 3.63) is 35.8 Å². The lowest BCUT2D eigenvalue weighted by Gasteiger charge is -2.20. The first-order valence-corrected chi connectivity index (χ1v) is 10.8. The summed E-state index contributed by atoms with van der Waals surface area (Å²) >= 11 is 7.13. The fourth-order valence-corrected chi connectivity index (χ4v) is 4.96. The summed E-state index contributed by atoms with van der Waals surface area (Å²) in [4.78, 5) is 5.44. The molecular weight excluding hydrogens is 437 g/mol. The lowest BCUT2D eigenvalue weighted by molar-refractivity contribution is -0.131. The van der Waals surface area contributed by atoms with Gasteiger partial charge in [0.2, 0.25) is 4.96 Å². The normalized spacial score (nSPS) is 17.2. The molecule has 4 aromatic rings. The van der Waals surface area contributed by atoms with Crippen molar-refractivity contribution < 1.29 is 13.2 Å². The van der Waals surface area contributed by atoms with E-state index in [1.54, 1.807) is 23.8 Å². The van der Waals surface area contributed by atoms with E-state index in [2.05, 4.69) is 15.5 Å². The predicted molar refractivity (Wildman–Crippen MR) is 110 cm³/mol. The molecule has 11 heteroatoms. The zero-order valence-corrected chi connectivity index (χ0v) is 17.5. The molecule has 158 valence electrons. The van der Waals surface area contributed by atoms with Gasteiger partial charge < -0.3 is 5.32 Å². The van der Waals surface area contributed by atoms with Crippen molar-refractivity contribution in [2.45, 2.75) is 30.3 Å². The second-order valence-corrected chi connectivity index (χ2v) is 8.93. The van der Waals surface area contributed by atoms with Crippen LogP contribution in [-0.4, -0.2) is 43.6 Å². The minimum atomic E-state index is -4.58. The van der Waals surface area contributed by atoms with Crippen LogP contribution in [0.1, 0.15) is 35.4 Å². The van der Waals surface area contributed by atoms with Crippen LogP contribution in [0.2, 0.25) is 0 Å². The maximum atomic E-state index is 13.3. The predicted octanol–water partition coefficient (Wildman–Crippen LogP) is 4.65. The quantitative estimate of drug-likeness (QED) is 0.458. The number of alkyl halides is 4. The van der Waals surface area contributed by atoms with Gasteiger partial charge in [0.15, 0.2) is 5.38 Å². The van der Waals surface area contributed by atoms with Crippen LogP contribution in [0.4, 0.5) is 13.2 Å². The zero-order chi connectivity index (χ0) is 21.0. The fourth-order valence-electron chi connectivity index (χ4n) is 3.92. The number of nitrogens with zero attached hydrogens (tertiary/aromatic N) is 5. The third-order valence-electron chi connectivity index (χ3n) is 5.38. The van der Waals surface area contributed by atoms with E-state index in [0.29, 0.717) is 21.9 Å². The first-order chi connectivity index (χ1) is 14.3. The van der Waals surface area contributed by atoms with Crippen LogP contribution in [0.15, 0.2) is 24.5 Å². The summed E-state index contributed by atoms with van der Waals surface area (Å²) in [7, 11) is 1.67. The van der Waals surface area contributed by atoms with Gasteiger partial charge in [-0.05, 0) is 38.1 Å². The summed E-state index contributed by atoms with van der Waals surface area (Å²) in [5, 5.41) is 11.1. The Labute approximate surface area is 178 Å². The SMILES string of the molecule is Cn1cc2cc(-c3nn4cc(C5CCNCC5)nc4s3)cc(C(Cl)C(F)(F)F)c2n1. The number of piperidine rings is 1. The van der Waals surface area contributed by atoms with Crippen LogP contribution in [-0.2, 0) is 7.05 Å². The Hall–Kier alpha value is -2.17. The number of halogens is 4. The number of hydrogen-bond donors (Lipinski definition) is 1. The molecule has 0 amide bonds.